The summed E-state index contributed by atoms with van der Waals surface area (Å²) in [6.45, 7) is 14.1. The van der Waals surface area contributed by atoms with Crippen LogP contribution in [0.5, 0.6) is 0 Å². The lowest BCUT2D eigenvalue weighted by atomic mass is 9.89. The predicted molar refractivity (Wildman–Crippen MR) is 79.4 cm³/mol. The Morgan fingerprint density at radius 2 is 1.37 bits per heavy atom. The van der Waals surface area contributed by atoms with E-state index in [-0.39, 0.29) is 0 Å². The maximum Gasteiger partial charge on any atom is 0.425 e. The third-order valence-electron chi connectivity index (χ3n) is 4.23. The molecule has 4 nitrogen and oxygen atoms in total. The van der Waals surface area contributed by atoms with Gasteiger partial charge in [0.1, 0.15) is 0 Å². The van der Waals surface area contributed by atoms with Crippen molar-refractivity contribution in [1.29, 1.82) is 0 Å². The van der Waals surface area contributed by atoms with Crippen molar-refractivity contribution in [2.45, 2.75) is 77.6 Å². The molecule has 0 spiro atoms. The first-order valence-corrected chi connectivity index (χ1v) is 10.8. The first-order chi connectivity index (χ1) is 8.45. The molecule has 0 aromatic heterocycles. The van der Waals surface area contributed by atoms with Crippen molar-refractivity contribution in [2.75, 3.05) is 0 Å². The second kappa shape index (κ2) is 7.55. The maximum absolute atomic E-state index is 8.44. The molecule has 0 radical (unpaired) electrons. The second-order valence-electron chi connectivity index (χ2n) is 6.96. The van der Waals surface area contributed by atoms with Crippen LogP contribution < -0.4 is 0 Å². The summed E-state index contributed by atoms with van der Waals surface area (Å²) < 4.78 is 31.8. The van der Waals surface area contributed by atoms with E-state index in [0.29, 0.717) is 11.1 Å². The Hall–Kier alpha value is -0.203. The Balaban J connectivity index is 0.000000711. The van der Waals surface area contributed by atoms with Crippen molar-refractivity contribution in [3.8, 4) is 0 Å². The molecule has 6 heteroatoms. The Labute approximate surface area is 120 Å². The topological polar surface area (TPSA) is 60.4 Å². The molecule has 0 atom stereocenters. The molecule has 0 heterocycles. The lowest BCUT2D eigenvalue weighted by molar-refractivity contribution is 0.120. The smallest absolute Gasteiger partial charge is 0.414 e. The first kappa shape index (κ1) is 18.8. The zero-order valence-electron chi connectivity index (χ0n) is 13.0. The van der Waals surface area contributed by atoms with Crippen LogP contribution in [0.1, 0.15) is 53.4 Å². The zero-order valence-corrected chi connectivity index (χ0v) is 14.8. The van der Waals surface area contributed by atoms with Crippen LogP contribution >= 0.6 is 0 Å². The van der Waals surface area contributed by atoms with Gasteiger partial charge in [0.25, 0.3) is 0 Å². The highest BCUT2D eigenvalue weighted by molar-refractivity contribution is 7.59. The Bertz CT molecular complexity index is 354. The van der Waals surface area contributed by atoms with E-state index < -0.39 is 18.9 Å². The SMILES string of the molecule is CC1CCC(O[Si](C)(C)C(C)(C)C)CC1.O=S(=O)=O. The van der Waals surface area contributed by atoms with Gasteiger partial charge in [0.2, 0.25) is 0 Å². The van der Waals surface area contributed by atoms with Crippen LogP contribution in [0.3, 0.4) is 0 Å². The molecule has 1 fully saturated rings. The van der Waals surface area contributed by atoms with Gasteiger partial charge in [0.15, 0.2) is 8.32 Å². The average Bonchev–Trinajstić information content (AvgIpc) is 2.18. The normalized spacial score (nSPS) is 24.3. The summed E-state index contributed by atoms with van der Waals surface area (Å²) in [7, 11) is -4.63. The largest absolute Gasteiger partial charge is 0.425 e. The van der Waals surface area contributed by atoms with E-state index in [4.69, 9.17) is 17.1 Å². The molecule has 0 aliphatic heterocycles. The zero-order chi connectivity index (χ0) is 15.3. The van der Waals surface area contributed by atoms with Crippen molar-refractivity contribution in [1.82, 2.24) is 0 Å². The van der Waals surface area contributed by atoms with E-state index in [2.05, 4.69) is 40.8 Å². The Morgan fingerprint density at radius 3 is 1.68 bits per heavy atom. The number of rotatable bonds is 2. The summed E-state index contributed by atoms with van der Waals surface area (Å²) >= 11 is 0. The summed E-state index contributed by atoms with van der Waals surface area (Å²) in [5.74, 6) is 0.921. The van der Waals surface area contributed by atoms with Crippen molar-refractivity contribution in [3.05, 3.63) is 0 Å². The molecule has 0 unspecified atom stereocenters. The molecule has 0 bridgehead atoms. The molecule has 114 valence electrons. The fourth-order valence-corrected chi connectivity index (χ4v) is 3.36. The molecule has 0 N–H and O–H groups in total. The van der Waals surface area contributed by atoms with Gasteiger partial charge in [0.05, 0.1) is 0 Å². The molecule has 1 saturated carbocycles. The van der Waals surface area contributed by atoms with Gasteiger partial charge in [-0.05, 0) is 49.7 Å². The molecule has 1 aliphatic rings. The van der Waals surface area contributed by atoms with Gasteiger partial charge < -0.3 is 4.43 Å². The fraction of sp³-hybridized carbons (Fsp3) is 1.00. The molecule has 0 aromatic rings. The molecule has 1 aliphatic carbocycles. The van der Waals surface area contributed by atoms with Gasteiger partial charge in [-0.2, -0.15) is 0 Å². The van der Waals surface area contributed by atoms with Crippen molar-refractivity contribution >= 4 is 18.9 Å². The summed E-state index contributed by atoms with van der Waals surface area (Å²) in [6.07, 6.45) is 5.85. The van der Waals surface area contributed by atoms with Crippen LogP contribution in [0.4, 0.5) is 0 Å². The summed E-state index contributed by atoms with van der Waals surface area (Å²) in [5.41, 5.74) is 0. The van der Waals surface area contributed by atoms with Crippen LogP contribution in [0.2, 0.25) is 18.1 Å². The van der Waals surface area contributed by atoms with Gasteiger partial charge >= 0.3 is 10.6 Å². The Morgan fingerprint density at radius 1 is 1.00 bits per heavy atom. The van der Waals surface area contributed by atoms with Crippen molar-refractivity contribution in [3.63, 3.8) is 0 Å². The molecule has 0 amide bonds. The van der Waals surface area contributed by atoms with Crippen LogP contribution in [0, 0.1) is 5.92 Å². The fourth-order valence-electron chi connectivity index (χ4n) is 1.94. The molecule has 19 heavy (non-hydrogen) atoms. The highest BCUT2D eigenvalue weighted by atomic mass is 32.2. The monoisotopic (exact) mass is 308 g/mol. The lowest BCUT2D eigenvalue weighted by Gasteiger charge is -2.41. The van der Waals surface area contributed by atoms with E-state index in [1.807, 2.05) is 0 Å². The second-order valence-corrected chi connectivity index (χ2v) is 12.1. The van der Waals surface area contributed by atoms with Crippen LogP contribution in [0.15, 0.2) is 0 Å². The highest BCUT2D eigenvalue weighted by Gasteiger charge is 2.39. The number of hydrogen-bond donors (Lipinski definition) is 0. The molecule has 0 aromatic carbocycles. The number of hydrogen-bond acceptors (Lipinski definition) is 4. The van der Waals surface area contributed by atoms with Gasteiger partial charge in [-0.3, -0.25) is 0 Å². The highest BCUT2D eigenvalue weighted by Crippen LogP contribution is 2.39. The Kier molecular flexibility index (Phi) is 7.46. The van der Waals surface area contributed by atoms with E-state index >= 15 is 0 Å². The molecular weight excluding hydrogens is 280 g/mol. The minimum absolute atomic E-state index is 0.357. The average molecular weight is 309 g/mol. The molecule has 0 saturated heterocycles. The quantitative estimate of drug-likeness (QED) is 0.732. The van der Waals surface area contributed by atoms with Gasteiger partial charge in [-0.15, -0.1) is 12.6 Å². The summed E-state index contributed by atoms with van der Waals surface area (Å²) in [6, 6.07) is 0. The van der Waals surface area contributed by atoms with Gasteiger partial charge in [-0.1, -0.05) is 27.7 Å². The van der Waals surface area contributed by atoms with Gasteiger partial charge in [-0.25, -0.2) is 0 Å². The first-order valence-electron chi connectivity index (χ1n) is 6.90. The van der Waals surface area contributed by atoms with E-state index in [0.717, 1.165) is 5.92 Å². The predicted octanol–water partition coefficient (Wildman–Crippen LogP) is 3.58. The summed E-state index contributed by atoms with van der Waals surface area (Å²) in [5, 5.41) is 0.357. The third kappa shape index (κ3) is 7.84. The van der Waals surface area contributed by atoms with E-state index in [1.54, 1.807) is 0 Å². The molecular formula is C13H28O4SSi. The van der Waals surface area contributed by atoms with Gasteiger partial charge in [0, 0.05) is 6.10 Å². The minimum Gasteiger partial charge on any atom is -0.414 e. The minimum atomic E-state index is -3.11. The standard InChI is InChI=1S/C13H28OSi.O3S/c1-11-7-9-12(10-8-11)14-15(5,6)13(2,3)4;1-4(2)3/h11-12H,7-10H2,1-6H3;. The van der Waals surface area contributed by atoms with Crippen LogP contribution in [-0.2, 0) is 15.0 Å². The maximum atomic E-state index is 8.44. The van der Waals surface area contributed by atoms with Crippen LogP contribution in [0.25, 0.3) is 0 Å². The van der Waals surface area contributed by atoms with E-state index in [1.165, 1.54) is 25.7 Å². The molecule has 1 rings (SSSR count). The summed E-state index contributed by atoms with van der Waals surface area (Å²) in [4.78, 5) is 0. The van der Waals surface area contributed by atoms with Crippen molar-refractivity contribution in [2.24, 2.45) is 5.92 Å². The van der Waals surface area contributed by atoms with Crippen molar-refractivity contribution < 1.29 is 17.1 Å². The lowest BCUT2D eigenvalue weighted by Crippen LogP contribution is -2.44. The van der Waals surface area contributed by atoms with E-state index in [9.17, 15) is 0 Å². The van der Waals surface area contributed by atoms with Crippen LogP contribution in [-0.4, -0.2) is 27.0 Å². The third-order valence-corrected chi connectivity index (χ3v) is 8.77.